The van der Waals surface area contributed by atoms with Crippen LogP contribution in [0, 0.1) is 0 Å². The highest BCUT2D eigenvalue weighted by Gasteiger charge is 2.29. The summed E-state index contributed by atoms with van der Waals surface area (Å²) >= 11 is 11.8. The Morgan fingerprint density at radius 3 is 1.69 bits per heavy atom. The standard InChI is InChI=1S/C22H16Cl2N2O3/c1-29-19-12-4-15(5-13-19)22(28)20(21(27)14-2-6-16(23)7-3-14)26-25-18-10-8-17(24)9-11-18/h2-13,20H,1H3. The topological polar surface area (TPSA) is 68.1 Å². The number of halogens is 2. The van der Waals surface area contributed by atoms with Crippen LogP contribution in [0.15, 0.2) is 83.0 Å². The third-order valence-electron chi connectivity index (χ3n) is 4.12. The van der Waals surface area contributed by atoms with Crippen molar-refractivity contribution in [3.8, 4) is 5.75 Å². The van der Waals surface area contributed by atoms with Gasteiger partial charge in [-0.1, -0.05) is 23.2 Å². The minimum absolute atomic E-state index is 0.316. The van der Waals surface area contributed by atoms with Crippen LogP contribution in [0.1, 0.15) is 20.7 Å². The van der Waals surface area contributed by atoms with Crippen molar-refractivity contribution >= 4 is 40.5 Å². The summed E-state index contributed by atoms with van der Waals surface area (Å²) in [5.41, 5.74) is 1.12. The molecule has 0 spiro atoms. The van der Waals surface area contributed by atoms with E-state index in [0.717, 1.165) is 0 Å². The van der Waals surface area contributed by atoms with E-state index in [4.69, 9.17) is 27.9 Å². The second kappa shape index (κ2) is 9.45. The van der Waals surface area contributed by atoms with Crippen molar-refractivity contribution in [3.63, 3.8) is 0 Å². The van der Waals surface area contributed by atoms with E-state index in [9.17, 15) is 9.59 Å². The second-order valence-electron chi connectivity index (χ2n) is 6.06. The van der Waals surface area contributed by atoms with Crippen LogP contribution < -0.4 is 4.74 Å². The third-order valence-corrected chi connectivity index (χ3v) is 4.62. The minimum atomic E-state index is -1.33. The fraction of sp³-hybridized carbons (Fsp3) is 0.0909. The van der Waals surface area contributed by atoms with E-state index in [1.54, 1.807) is 72.8 Å². The number of azo groups is 1. The Bertz CT molecular complexity index is 1030. The van der Waals surface area contributed by atoms with Crippen molar-refractivity contribution in [2.45, 2.75) is 6.04 Å². The normalized spacial score (nSPS) is 12.0. The van der Waals surface area contributed by atoms with Gasteiger partial charge in [-0.05, 0) is 72.8 Å². The second-order valence-corrected chi connectivity index (χ2v) is 6.93. The van der Waals surface area contributed by atoms with Gasteiger partial charge in [0.1, 0.15) is 5.75 Å². The van der Waals surface area contributed by atoms with Crippen LogP contribution in [0.2, 0.25) is 10.0 Å². The predicted octanol–water partition coefficient (Wildman–Crippen LogP) is 6.22. The predicted molar refractivity (Wildman–Crippen MR) is 113 cm³/mol. The molecule has 7 heteroatoms. The molecule has 0 amide bonds. The minimum Gasteiger partial charge on any atom is -0.497 e. The van der Waals surface area contributed by atoms with E-state index in [0.29, 0.717) is 32.6 Å². The average Bonchev–Trinajstić information content (AvgIpc) is 2.75. The van der Waals surface area contributed by atoms with Gasteiger partial charge in [-0.2, -0.15) is 10.2 Å². The fourth-order valence-electron chi connectivity index (χ4n) is 2.54. The van der Waals surface area contributed by atoms with Gasteiger partial charge in [0.05, 0.1) is 12.8 Å². The lowest BCUT2D eigenvalue weighted by Crippen LogP contribution is -2.28. The van der Waals surface area contributed by atoms with Gasteiger partial charge >= 0.3 is 0 Å². The van der Waals surface area contributed by atoms with E-state index >= 15 is 0 Å². The highest BCUT2D eigenvalue weighted by molar-refractivity contribution is 6.31. The largest absolute Gasteiger partial charge is 0.497 e. The molecule has 1 unspecified atom stereocenters. The number of ketones is 2. The number of nitrogens with zero attached hydrogens (tertiary/aromatic N) is 2. The van der Waals surface area contributed by atoms with Crippen LogP contribution >= 0.6 is 23.2 Å². The Hall–Kier alpha value is -3.02. The quantitative estimate of drug-likeness (QED) is 0.255. The Kier molecular flexibility index (Phi) is 6.75. The molecule has 0 bridgehead atoms. The molecule has 0 aliphatic rings. The number of Topliss-reactive ketones (excluding diaryl/α,β-unsaturated/α-hetero) is 2. The molecule has 1 atom stereocenters. The van der Waals surface area contributed by atoms with Gasteiger partial charge in [-0.25, -0.2) is 0 Å². The number of rotatable bonds is 7. The molecule has 0 N–H and O–H groups in total. The Morgan fingerprint density at radius 2 is 1.21 bits per heavy atom. The molecular weight excluding hydrogens is 411 g/mol. The molecule has 0 saturated heterocycles. The molecule has 3 aromatic rings. The van der Waals surface area contributed by atoms with Crippen LogP contribution in [0.3, 0.4) is 0 Å². The maximum Gasteiger partial charge on any atom is 0.197 e. The van der Waals surface area contributed by atoms with Crippen LogP contribution in [0.4, 0.5) is 5.69 Å². The van der Waals surface area contributed by atoms with E-state index in [1.807, 2.05) is 0 Å². The van der Waals surface area contributed by atoms with Gasteiger partial charge in [0.15, 0.2) is 17.6 Å². The number of benzene rings is 3. The monoisotopic (exact) mass is 426 g/mol. The molecule has 0 saturated carbocycles. The van der Waals surface area contributed by atoms with Crippen molar-refractivity contribution in [2.75, 3.05) is 7.11 Å². The van der Waals surface area contributed by atoms with Crippen molar-refractivity contribution < 1.29 is 14.3 Å². The molecule has 3 rings (SSSR count). The summed E-state index contributed by atoms with van der Waals surface area (Å²) in [4.78, 5) is 26.0. The van der Waals surface area contributed by atoms with E-state index in [2.05, 4.69) is 10.2 Å². The molecular formula is C22H16Cl2N2O3. The number of methoxy groups -OCH3 is 1. The van der Waals surface area contributed by atoms with Crippen LogP contribution in [0.25, 0.3) is 0 Å². The first kappa shape index (κ1) is 20.7. The molecule has 3 aromatic carbocycles. The summed E-state index contributed by atoms with van der Waals surface area (Å²) in [5, 5.41) is 9.16. The number of carbonyl (C=O) groups excluding carboxylic acids is 2. The first-order chi connectivity index (χ1) is 14.0. The molecule has 0 aliphatic heterocycles. The van der Waals surface area contributed by atoms with Gasteiger partial charge in [-0.15, -0.1) is 0 Å². The van der Waals surface area contributed by atoms with Gasteiger partial charge < -0.3 is 4.74 Å². The van der Waals surface area contributed by atoms with Crippen molar-refractivity contribution in [1.82, 2.24) is 0 Å². The number of hydrogen-bond donors (Lipinski definition) is 0. The van der Waals surface area contributed by atoms with Crippen molar-refractivity contribution in [2.24, 2.45) is 10.2 Å². The highest BCUT2D eigenvalue weighted by atomic mass is 35.5. The van der Waals surface area contributed by atoms with Gasteiger partial charge in [0.2, 0.25) is 0 Å². The highest BCUT2D eigenvalue weighted by Crippen LogP contribution is 2.21. The Morgan fingerprint density at radius 1 is 0.759 bits per heavy atom. The lowest BCUT2D eigenvalue weighted by Gasteiger charge is -2.11. The van der Waals surface area contributed by atoms with Crippen LogP contribution in [0.5, 0.6) is 5.75 Å². The summed E-state index contributed by atoms with van der Waals surface area (Å²) in [6.07, 6.45) is 0. The van der Waals surface area contributed by atoms with Crippen LogP contribution in [-0.4, -0.2) is 24.7 Å². The fourth-order valence-corrected chi connectivity index (χ4v) is 2.79. The van der Waals surface area contributed by atoms with Gasteiger partial charge in [0.25, 0.3) is 0 Å². The van der Waals surface area contributed by atoms with E-state index in [-0.39, 0.29) is 0 Å². The molecule has 0 aliphatic carbocycles. The first-order valence-corrected chi connectivity index (χ1v) is 9.38. The molecule has 5 nitrogen and oxygen atoms in total. The Balaban J connectivity index is 1.94. The molecule has 0 fully saturated rings. The molecule has 0 heterocycles. The maximum absolute atomic E-state index is 13.0. The maximum atomic E-state index is 13.0. The van der Waals surface area contributed by atoms with Crippen molar-refractivity contribution in [3.05, 3.63) is 94.0 Å². The third kappa shape index (κ3) is 5.28. The lowest BCUT2D eigenvalue weighted by atomic mass is 9.97. The van der Waals surface area contributed by atoms with E-state index in [1.165, 1.54) is 7.11 Å². The molecule has 0 aromatic heterocycles. The van der Waals surface area contributed by atoms with Gasteiger partial charge in [-0.3, -0.25) is 9.59 Å². The zero-order chi connectivity index (χ0) is 20.8. The Labute approximate surface area is 177 Å². The molecule has 146 valence electrons. The van der Waals surface area contributed by atoms with Crippen molar-refractivity contribution in [1.29, 1.82) is 0 Å². The van der Waals surface area contributed by atoms with Gasteiger partial charge in [0, 0.05) is 21.2 Å². The zero-order valence-electron chi connectivity index (χ0n) is 15.4. The lowest BCUT2D eigenvalue weighted by molar-refractivity contribution is 0.0861. The summed E-state index contributed by atoms with van der Waals surface area (Å²) in [7, 11) is 1.53. The number of hydrogen-bond acceptors (Lipinski definition) is 5. The van der Waals surface area contributed by atoms with E-state index < -0.39 is 17.6 Å². The summed E-state index contributed by atoms with van der Waals surface area (Å²) < 4.78 is 5.11. The average molecular weight is 427 g/mol. The summed E-state index contributed by atoms with van der Waals surface area (Å²) in [6.45, 7) is 0. The number of carbonyl (C=O) groups is 2. The SMILES string of the molecule is COc1ccc(C(=O)C(N=Nc2ccc(Cl)cc2)C(=O)c2ccc(Cl)cc2)cc1. The summed E-state index contributed by atoms with van der Waals surface area (Å²) in [5.74, 6) is -0.338. The zero-order valence-corrected chi connectivity index (χ0v) is 16.9. The molecule has 0 radical (unpaired) electrons. The smallest absolute Gasteiger partial charge is 0.197 e. The first-order valence-electron chi connectivity index (χ1n) is 8.62. The molecule has 29 heavy (non-hydrogen) atoms. The summed E-state index contributed by atoms with van der Waals surface area (Å²) in [6, 6.07) is 18.0. The van der Waals surface area contributed by atoms with Crippen LogP contribution in [-0.2, 0) is 0 Å². The number of ether oxygens (including phenoxy) is 1.